The summed E-state index contributed by atoms with van der Waals surface area (Å²) in [7, 11) is -2.98. The number of aromatic nitrogens is 2. The van der Waals surface area contributed by atoms with Crippen LogP contribution in [0.2, 0.25) is 5.02 Å². The van der Waals surface area contributed by atoms with Gasteiger partial charge < -0.3 is 15.2 Å². The third kappa shape index (κ3) is 9.77. The predicted octanol–water partition coefficient (Wildman–Crippen LogP) is 2.93. The van der Waals surface area contributed by atoms with Gasteiger partial charge in [-0.05, 0) is 32.4 Å². The van der Waals surface area contributed by atoms with Crippen molar-refractivity contribution < 1.29 is 12.9 Å². The van der Waals surface area contributed by atoms with Gasteiger partial charge in [-0.25, -0.2) is 8.42 Å². The third-order valence-electron chi connectivity index (χ3n) is 3.80. The summed E-state index contributed by atoms with van der Waals surface area (Å²) < 4.78 is 27.9. The van der Waals surface area contributed by atoms with E-state index in [0.717, 1.165) is 5.56 Å². The third-order valence-corrected chi connectivity index (χ3v) is 5.01. The Hall–Kier alpha value is -1.40. The number of nitrogens with one attached hydrogen (secondary N) is 2. The second kappa shape index (κ2) is 12.3. The highest BCUT2D eigenvalue weighted by molar-refractivity contribution is 14.0. The van der Waals surface area contributed by atoms with Crippen molar-refractivity contribution in [2.75, 3.05) is 25.1 Å². The second-order valence-corrected chi connectivity index (χ2v) is 9.19. The molecule has 0 bridgehead atoms. The van der Waals surface area contributed by atoms with Gasteiger partial charge in [0.1, 0.15) is 9.84 Å². The number of nitrogens with zero attached hydrogens (tertiary/aromatic N) is 3. The first-order valence-electron chi connectivity index (χ1n) is 9.08. The molecule has 0 aliphatic rings. The van der Waals surface area contributed by atoms with Crippen molar-refractivity contribution in [2.45, 2.75) is 32.7 Å². The summed E-state index contributed by atoms with van der Waals surface area (Å²) in [5.74, 6) is 1.73. The topological polar surface area (TPSA) is 109 Å². The molecule has 1 aromatic heterocycles. The largest absolute Gasteiger partial charge is 0.357 e. The molecule has 0 amide bonds. The minimum Gasteiger partial charge on any atom is -0.357 e. The number of aliphatic imine (C=N–C) groups is 1. The van der Waals surface area contributed by atoms with Crippen LogP contribution in [0.25, 0.3) is 11.4 Å². The van der Waals surface area contributed by atoms with Crippen molar-refractivity contribution >= 4 is 51.4 Å². The quantitative estimate of drug-likeness (QED) is 0.278. The summed E-state index contributed by atoms with van der Waals surface area (Å²) in [6.45, 7) is 5.04. The number of hydrogen-bond acceptors (Lipinski definition) is 6. The van der Waals surface area contributed by atoms with Crippen LogP contribution in [0.3, 0.4) is 0 Å². The van der Waals surface area contributed by atoms with E-state index in [1.807, 2.05) is 26.0 Å². The molecule has 0 aliphatic carbocycles. The molecule has 162 valence electrons. The highest BCUT2D eigenvalue weighted by Crippen LogP contribution is 2.19. The Morgan fingerprint density at radius 3 is 2.79 bits per heavy atom. The Labute approximate surface area is 193 Å². The molecule has 8 nitrogen and oxygen atoms in total. The van der Waals surface area contributed by atoms with Crippen molar-refractivity contribution in [3.05, 3.63) is 35.2 Å². The van der Waals surface area contributed by atoms with Gasteiger partial charge >= 0.3 is 0 Å². The first kappa shape index (κ1) is 25.6. The van der Waals surface area contributed by atoms with Crippen molar-refractivity contribution in [1.29, 1.82) is 0 Å². The lowest BCUT2D eigenvalue weighted by Crippen LogP contribution is -2.43. The van der Waals surface area contributed by atoms with E-state index < -0.39 is 9.84 Å². The van der Waals surface area contributed by atoms with Crippen molar-refractivity contribution in [3.8, 4) is 11.4 Å². The van der Waals surface area contributed by atoms with E-state index in [9.17, 15) is 8.42 Å². The van der Waals surface area contributed by atoms with Crippen molar-refractivity contribution in [2.24, 2.45) is 4.99 Å². The van der Waals surface area contributed by atoms with Crippen molar-refractivity contribution in [3.63, 3.8) is 0 Å². The highest BCUT2D eigenvalue weighted by Gasteiger charge is 2.11. The molecule has 1 heterocycles. The maximum atomic E-state index is 11.3. The minimum atomic E-state index is -2.98. The monoisotopic (exact) mass is 555 g/mol. The summed E-state index contributed by atoms with van der Waals surface area (Å²) in [5.41, 5.74) is 0.792. The lowest BCUT2D eigenvalue weighted by molar-refractivity contribution is 0.380. The van der Waals surface area contributed by atoms with E-state index >= 15 is 0 Å². The van der Waals surface area contributed by atoms with Crippen LogP contribution in [0.4, 0.5) is 0 Å². The molecule has 11 heteroatoms. The Morgan fingerprint density at radius 2 is 2.14 bits per heavy atom. The van der Waals surface area contributed by atoms with Crippen LogP contribution in [-0.4, -0.2) is 55.7 Å². The zero-order chi connectivity index (χ0) is 20.6. The fourth-order valence-electron chi connectivity index (χ4n) is 2.38. The Balaban J connectivity index is 0.00000420. The fraction of sp³-hybridized carbons (Fsp3) is 0.500. The molecule has 1 unspecified atom stereocenters. The smallest absolute Gasteiger partial charge is 0.228 e. The van der Waals surface area contributed by atoms with Crippen LogP contribution in [0, 0.1) is 0 Å². The molecule has 0 spiro atoms. The predicted molar refractivity (Wildman–Crippen MR) is 127 cm³/mol. The molecule has 2 aromatic rings. The Morgan fingerprint density at radius 1 is 1.38 bits per heavy atom. The lowest BCUT2D eigenvalue weighted by Gasteiger charge is -2.17. The highest BCUT2D eigenvalue weighted by atomic mass is 127. The zero-order valence-electron chi connectivity index (χ0n) is 16.7. The van der Waals surface area contributed by atoms with Gasteiger partial charge in [0.25, 0.3) is 0 Å². The maximum Gasteiger partial charge on any atom is 0.228 e. The maximum absolute atomic E-state index is 11.3. The second-order valence-electron chi connectivity index (χ2n) is 6.50. The molecule has 0 saturated heterocycles. The van der Waals surface area contributed by atoms with Gasteiger partial charge in [-0.2, -0.15) is 4.98 Å². The van der Waals surface area contributed by atoms with Gasteiger partial charge in [-0.1, -0.05) is 28.9 Å². The molecule has 0 saturated carbocycles. The van der Waals surface area contributed by atoms with E-state index in [2.05, 4.69) is 25.8 Å². The Bertz CT molecular complexity index is 904. The van der Waals surface area contributed by atoms with Crippen LogP contribution in [-0.2, 0) is 16.3 Å². The molecule has 0 fully saturated rings. The van der Waals surface area contributed by atoms with Crippen LogP contribution < -0.4 is 10.6 Å². The van der Waals surface area contributed by atoms with E-state index in [-0.39, 0.29) is 35.8 Å². The van der Waals surface area contributed by atoms with Crippen LogP contribution in [0.1, 0.15) is 26.2 Å². The number of halogens is 2. The first-order chi connectivity index (χ1) is 13.3. The van der Waals surface area contributed by atoms with Gasteiger partial charge in [0.15, 0.2) is 5.96 Å². The van der Waals surface area contributed by atoms with Gasteiger partial charge in [-0.15, -0.1) is 24.0 Å². The molecule has 2 N–H and O–H groups in total. The standard InChI is InChI=1S/C18H26ClN5O3S.HI/c1-4-20-18(22-13(2)9-11-28(3,25)26)21-10-8-16-23-17(24-27-16)14-6-5-7-15(19)12-14;/h5-7,12-13H,4,8-11H2,1-3H3,(H2,20,21,22);1H. The van der Waals surface area contributed by atoms with Crippen molar-refractivity contribution in [1.82, 2.24) is 20.8 Å². The minimum absolute atomic E-state index is 0. The molecule has 1 aromatic carbocycles. The molecule has 0 radical (unpaired) electrons. The summed E-state index contributed by atoms with van der Waals surface area (Å²) in [5, 5.41) is 10.9. The van der Waals surface area contributed by atoms with Crippen LogP contribution >= 0.6 is 35.6 Å². The number of sulfone groups is 1. The van der Waals surface area contributed by atoms with Gasteiger partial charge in [0.05, 0.1) is 12.3 Å². The van der Waals surface area contributed by atoms with E-state index in [1.165, 1.54) is 6.26 Å². The molecule has 0 aliphatic heterocycles. The molecule has 2 rings (SSSR count). The number of guanidine groups is 1. The summed E-state index contributed by atoms with van der Waals surface area (Å²) in [4.78, 5) is 8.85. The Kier molecular flexibility index (Phi) is 10.9. The number of rotatable bonds is 9. The van der Waals surface area contributed by atoms with E-state index in [4.69, 9.17) is 16.1 Å². The normalized spacial score (nSPS) is 12.9. The van der Waals surface area contributed by atoms with Gasteiger partial charge in [0.2, 0.25) is 11.7 Å². The SMILES string of the molecule is CCNC(=NCCc1nc(-c2cccc(Cl)c2)no1)NC(C)CCS(C)(=O)=O.I. The first-order valence-corrected chi connectivity index (χ1v) is 11.5. The van der Waals surface area contributed by atoms with Gasteiger partial charge in [0, 0.05) is 35.8 Å². The molecule has 1 atom stereocenters. The van der Waals surface area contributed by atoms with E-state index in [1.54, 1.807) is 12.1 Å². The molecular weight excluding hydrogens is 529 g/mol. The summed E-state index contributed by atoms with van der Waals surface area (Å²) >= 11 is 5.99. The molecular formula is C18H27ClIN5O3S. The van der Waals surface area contributed by atoms with Crippen LogP contribution in [0.15, 0.2) is 33.8 Å². The van der Waals surface area contributed by atoms with Crippen LogP contribution in [0.5, 0.6) is 0 Å². The van der Waals surface area contributed by atoms with Gasteiger partial charge in [-0.3, -0.25) is 4.99 Å². The zero-order valence-corrected chi connectivity index (χ0v) is 20.6. The molecule has 29 heavy (non-hydrogen) atoms. The summed E-state index contributed by atoms with van der Waals surface area (Å²) in [6.07, 6.45) is 2.23. The fourth-order valence-corrected chi connectivity index (χ4v) is 3.35. The van der Waals surface area contributed by atoms with E-state index in [0.29, 0.717) is 48.6 Å². The lowest BCUT2D eigenvalue weighted by atomic mass is 10.2. The summed E-state index contributed by atoms with van der Waals surface area (Å²) in [6, 6.07) is 7.23. The average molecular weight is 556 g/mol. The average Bonchev–Trinajstić information content (AvgIpc) is 3.08. The number of hydrogen-bond donors (Lipinski definition) is 2. The number of benzene rings is 1.